The summed E-state index contributed by atoms with van der Waals surface area (Å²) in [6.07, 6.45) is 0. The molecule has 0 spiro atoms. The predicted octanol–water partition coefficient (Wildman–Crippen LogP) is 3.68. The van der Waals surface area contributed by atoms with Gasteiger partial charge in [-0.2, -0.15) is 4.99 Å². The van der Waals surface area contributed by atoms with Crippen molar-refractivity contribution in [2.45, 2.75) is 0 Å². The molecule has 0 N–H and O–H groups in total. The molecule has 0 atom stereocenters. The number of non-ortho nitro benzene ring substituents is 1. The van der Waals surface area contributed by atoms with Crippen LogP contribution in [0.2, 0.25) is 5.02 Å². The number of nitrogens with zero attached hydrogens (tertiary/aromatic N) is 3. The summed E-state index contributed by atoms with van der Waals surface area (Å²) < 4.78 is 16.0. The first kappa shape index (κ1) is 16.3. The van der Waals surface area contributed by atoms with Crippen molar-refractivity contribution in [3.05, 3.63) is 67.7 Å². The van der Waals surface area contributed by atoms with E-state index in [1.165, 1.54) is 22.8 Å². The summed E-state index contributed by atoms with van der Waals surface area (Å²) in [6, 6.07) is 8.14. The van der Waals surface area contributed by atoms with Crippen LogP contribution in [0.3, 0.4) is 0 Å². The molecule has 2 aromatic carbocycles. The Hall–Kier alpha value is -2.58. The number of benzene rings is 2. The van der Waals surface area contributed by atoms with E-state index in [9.17, 15) is 19.3 Å². The fraction of sp³-hybridized carbons (Fsp3) is 0.0667. The van der Waals surface area contributed by atoms with E-state index in [4.69, 9.17) is 11.6 Å². The Morgan fingerprint density at radius 2 is 2.12 bits per heavy atom. The first-order valence-electron chi connectivity index (χ1n) is 6.65. The number of nitro benzene ring substituents is 1. The number of hydrogen-bond acceptors (Lipinski definition) is 4. The third-order valence-corrected chi connectivity index (χ3v) is 4.79. The Morgan fingerprint density at radius 1 is 1.38 bits per heavy atom. The Kier molecular flexibility index (Phi) is 4.16. The highest BCUT2D eigenvalue weighted by molar-refractivity contribution is 7.16. The molecule has 0 bridgehead atoms. The monoisotopic (exact) mass is 365 g/mol. The van der Waals surface area contributed by atoms with Crippen molar-refractivity contribution in [2.75, 3.05) is 0 Å². The fourth-order valence-corrected chi connectivity index (χ4v) is 3.43. The van der Waals surface area contributed by atoms with Crippen LogP contribution in [0.4, 0.5) is 10.1 Å². The Labute approximate surface area is 143 Å². The molecule has 3 aromatic rings. The number of fused-ring (bicyclic) bond motifs is 1. The Morgan fingerprint density at radius 3 is 2.79 bits per heavy atom. The van der Waals surface area contributed by atoms with Crippen molar-refractivity contribution in [2.24, 2.45) is 12.0 Å². The van der Waals surface area contributed by atoms with Gasteiger partial charge in [0, 0.05) is 19.2 Å². The molecule has 0 aliphatic rings. The molecule has 0 aliphatic carbocycles. The third-order valence-electron chi connectivity index (χ3n) is 3.36. The molecule has 1 amide bonds. The largest absolute Gasteiger partial charge is 0.317 e. The molecule has 9 heteroatoms. The van der Waals surface area contributed by atoms with E-state index in [1.54, 1.807) is 19.2 Å². The second-order valence-electron chi connectivity index (χ2n) is 4.87. The Bertz CT molecular complexity index is 1060. The van der Waals surface area contributed by atoms with Crippen LogP contribution < -0.4 is 4.80 Å². The number of hydrogen-bond donors (Lipinski definition) is 0. The van der Waals surface area contributed by atoms with E-state index in [1.807, 2.05) is 0 Å². The molecular formula is C15H9ClFN3O3S. The summed E-state index contributed by atoms with van der Waals surface area (Å²) >= 11 is 7.07. The molecule has 1 aromatic heterocycles. The number of halogens is 2. The lowest BCUT2D eigenvalue weighted by molar-refractivity contribution is -0.384. The zero-order valence-electron chi connectivity index (χ0n) is 12.2. The van der Waals surface area contributed by atoms with Gasteiger partial charge in [0.1, 0.15) is 5.82 Å². The van der Waals surface area contributed by atoms with E-state index < -0.39 is 16.6 Å². The standard InChI is InChI=1S/C15H9ClFN3O3S/c1-19-13-11(17)3-2-4-12(13)24-15(19)18-14(21)9-7-8(20(22)23)5-6-10(9)16/h2-7H,1H3. The quantitative estimate of drug-likeness (QED) is 0.513. The zero-order chi connectivity index (χ0) is 17.4. The predicted molar refractivity (Wildman–Crippen MR) is 88.8 cm³/mol. The maximum Gasteiger partial charge on any atom is 0.281 e. The van der Waals surface area contributed by atoms with Crippen molar-refractivity contribution in [3.8, 4) is 0 Å². The van der Waals surface area contributed by atoms with E-state index in [0.29, 0.717) is 10.2 Å². The summed E-state index contributed by atoms with van der Waals surface area (Å²) in [7, 11) is 1.59. The smallest absolute Gasteiger partial charge is 0.281 e. The summed E-state index contributed by atoms with van der Waals surface area (Å²) in [5.41, 5.74) is -0.00676. The molecule has 0 fully saturated rings. The van der Waals surface area contributed by atoms with Crippen LogP contribution in [0.15, 0.2) is 41.4 Å². The van der Waals surface area contributed by atoms with Crippen LogP contribution in [0.1, 0.15) is 10.4 Å². The minimum Gasteiger partial charge on any atom is -0.317 e. The maximum absolute atomic E-state index is 13.9. The highest BCUT2D eigenvalue weighted by Crippen LogP contribution is 2.23. The lowest BCUT2D eigenvalue weighted by atomic mass is 10.2. The molecule has 0 unspecified atom stereocenters. The summed E-state index contributed by atoms with van der Waals surface area (Å²) in [5.74, 6) is -1.15. The van der Waals surface area contributed by atoms with E-state index >= 15 is 0 Å². The SMILES string of the molecule is Cn1c(=NC(=O)c2cc([N+](=O)[O-])ccc2Cl)sc2cccc(F)c21. The van der Waals surface area contributed by atoms with Gasteiger partial charge in [0.05, 0.1) is 25.7 Å². The van der Waals surface area contributed by atoms with Gasteiger partial charge in [-0.05, 0) is 18.2 Å². The van der Waals surface area contributed by atoms with Crippen molar-refractivity contribution < 1.29 is 14.1 Å². The van der Waals surface area contributed by atoms with E-state index in [2.05, 4.69) is 4.99 Å². The van der Waals surface area contributed by atoms with Gasteiger partial charge in [-0.3, -0.25) is 14.9 Å². The first-order chi connectivity index (χ1) is 11.4. The lowest BCUT2D eigenvalue weighted by Crippen LogP contribution is -2.14. The maximum atomic E-state index is 13.9. The molecule has 0 aliphatic heterocycles. The Balaban J connectivity index is 2.14. The van der Waals surface area contributed by atoms with Gasteiger partial charge in [0.2, 0.25) is 0 Å². The lowest BCUT2D eigenvalue weighted by Gasteiger charge is -2.00. The summed E-state index contributed by atoms with van der Waals surface area (Å²) in [6.45, 7) is 0. The third kappa shape index (κ3) is 2.81. The molecule has 0 saturated carbocycles. The zero-order valence-corrected chi connectivity index (χ0v) is 13.8. The van der Waals surface area contributed by atoms with E-state index in [-0.39, 0.29) is 21.1 Å². The minimum absolute atomic E-state index is 0.0595. The topological polar surface area (TPSA) is 77.5 Å². The number of rotatable bonds is 2. The molecule has 3 rings (SSSR count). The van der Waals surface area contributed by atoms with Crippen molar-refractivity contribution in [1.29, 1.82) is 0 Å². The number of carbonyl (C=O) groups is 1. The van der Waals surface area contributed by atoms with Crippen molar-refractivity contribution in [1.82, 2.24) is 4.57 Å². The number of nitro groups is 1. The molecule has 24 heavy (non-hydrogen) atoms. The summed E-state index contributed by atoms with van der Waals surface area (Å²) in [4.78, 5) is 26.8. The van der Waals surface area contributed by atoms with Crippen LogP contribution in [-0.4, -0.2) is 15.4 Å². The van der Waals surface area contributed by atoms with Crippen LogP contribution in [0.25, 0.3) is 10.2 Å². The summed E-state index contributed by atoms with van der Waals surface area (Å²) in [5, 5.41) is 10.9. The molecular weight excluding hydrogens is 357 g/mol. The number of aromatic nitrogens is 1. The molecule has 0 radical (unpaired) electrons. The normalized spacial score (nSPS) is 11.9. The minimum atomic E-state index is -0.730. The van der Waals surface area contributed by atoms with Crippen molar-refractivity contribution >= 4 is 44.7 Å². The van der Waals surface area contributed by atoms with Crippen LogP contribution in [-0.2, 0) is 7.05 Å². The van der Waals surface area contributed by atoms with Gasteiger partial charge in [0.25, 0.3) is 11.6 Å². The van der Waals surface area contributed by atoms with Crippen molar-refractivity contribution in [3.63, 3.8) is 0 Å². The number of aryl methyl sites for hydroxylation is 1. The second kappa shape index (κ2) is 6.14. The van der Waals surface area contributed by atoms with Crippen LogP contribution >= 0.6 is 22.9 Å². The molecule has 6 nitrogen and oxygen atoms in total. The van der Waals surface area contributed by atoms with Gasteiger partial charge in [0.15, 0.2) is 4.80 Å². The van der Waals surface area contributed by atoms with Crippen LogP contribution in [0.5, 0.6) is 0 Å². The number of carbonyl (C=O) groups excluding carboxylic acids is 1. The molecule has 0 saturated heterocycles. The van der Waals surface area contributed by atoms with Gasteiger partial charge in [-0.15, -0.1) is 0 Å². The average Bonchev–Trinajstić information content (AvgIpc) is 2.84. The van der Waals surface area contributed by atoms with Gasteiger partial charge < -0.3 is 4.57 Å². The van der Waals surface area contributed by atoms with E-state index in [0.717, 1.165) is 17.4 Å². The second-order valence-corrected chi connectivity index (χ2v) is 6.28. The van der Waals surface area contributed by atoms with Crippen LogP contribution in [0, 0.1) is 15.9 Å². The number of amides is 1. The fourth-order valence-electron chi connectivity index (χ4n) is 2.20. The highest BCUT2D eigenvalue weighted by atomic mass is 35.5. The molecule has 1 heterocycles. The highest BCUT2D eigenvalue weighted by Gasteiger charge is 2.16. The number of thiazole rings is 1. The van der Waals surface area contributed by atoms with Gasteiger partial charge in [-0.1, -0.05) is 29.0 Å². The average molecular weight is 366 g/mol. The molecule has 122 valence electrons. The number of para-hydroxylation sites is 1. The van der Waals surface area contributed by atoms with Gasteiger partial charge in [-0.25, -0.2) is 4.39 Å². The first-order valence-corrected chi connectivity index (χ1v) is 7.85. The van der Waals surface area contributed by atoms with Gasteiger partial charge >= 0.3 is 0 Å².